The van der Waals surface area contributed by atoms with Crippen molar-refractivity contribution in [3.63, 3.8) is 0 Å². The molecule has 1 aromatic carbocycles. The van der Waals surface area contributed by atoms with Gasteiger partial charge in [0.2, 0.25) is 0 Å². The number of anilines is 1. The SMILES string of the molecule is Cc1cc(NC(=O)NC(C(=O)O)C(C)(C)C)ccc1F. The smallest absolute Gasteiger partial charge is 0.326 e. The van der Waals surface area contributed by atoms with E-state index in [-0.39, 0.29) is 5.82 Å². The number of hydrogen-bond donors (Lipinski definition) is 3. The maximum atomic E-state index is 13.1. The third-order valence-electron chi connectivity index (χ3n) is 2.80. The zero-order chi connectivity index (χ0) is 15.5. The zero-order valence-electron chi connectivity index (χ0n) is 12.0. The van der Waals surface area contributed by atoms with Crippen molar-refractivity contribution in [2.75, 3.05) is 5.32 Å². The number of amides is 2. The van der Waals surface area contributed by atoms with Gasteiger partial charge in [-0.05, 0) is 36.1 Å². The van der Waals surface area contributed by atoms with E-state index < -0.39 is 23.5 Å². The van der Waals surface area contributed by atoms with Gasteiger partial charge in [0.15, 0.2) is 0 Å². The van der Waals surface area contributed by atoms with E-state index in [1.807, 2.05) is 0 Å². The summed E-state index contributed by atoms with van der Waals surface area (Å²) in [5.41, 5.74) is 0.176. The molecule has 0 aliphatic rings. The van der Waals surface area contributed by atoms with Gasteiger partial charge < -0.3 is 15.7 Å². The van der Waals surface area contributed by atoms with E-state index in [0.717, 1.165) is 0 Å². The second-order valence-corrected chi connectivity index (χ2v) is 5.70. The van der Waals surface area contributed by atoms with Gasteiger partial charge in [0.25, 0.3) is 0 Å². The minimum atomic E-state index is -1.11. The van der Waals surface area contributed by atoms with Gasteiger partial charge in [0.05, 0.1) is 0 Å². The summed E-state index contributed by atoms with van der Waals surface area (Å²) in [5, 5.41) is 14.0. The molecular formula is C14H19FN2O3. The summed E-state index contributed by atoms with van der Waals surface area (Å²) < 4.78 is 13.1. The standard InChI is InChI=1S/C14H19FN2O3/c1-8-7-9(5-6-10(8)15)16-13(20)17-11(12(18)19)14(2,3)4/h5-7,11H,1-4H3,(H,18,19)(H2,16,17,20). The largest absolute Gasteiger partial charge is 0.480 e. The number of nitrogens with one attached hydrogen (secondary N) is 2. The molecule has 0 saturated heterocycles. The molecule has 110 valence electrons. The van der Waals surface area contributed by atoms with Gasteiger partial charge in [-0.15, -0.1) is 0 Å². The average Bonchev–Trinajstić information content (AvgIpc) is 2.29. The minimum Gasteiger partial charge on any atom is -0.480 e. The summed E-state index contributed by atoms with van der Waals surface area (Å²) in [6, 6.07) is 2.46. The van der Waals surface area contributed by atoms with E-state index in [4.69, 9.17) is 5.11 Å². The van der Waals surface area contributed by atoms with Crippen LogP contribution in [0.3, 0.4) is 0 Å². The van der Waals surface area contributed by atoms with Gasteiger partial charge in [0.1, 0.15) is 11.9 Å². The van der Waals surface area contributed by atoms with Gasteiger partial charge in [-0.2, -0.15) is 0 Å². The fourth-order valence-corrected chi connectivity index (χ4v) is 1.67. The van der Waals surface area contributed by atoms with E-state index in [2.05, 4.69) is 10.6 Å². The van der Waals surface area contributed by atoms with Crippen LogP contribution in [0.25, 0.3) is 0 Å². The van der Waals surface area contributed by atoms with Crippen LogP contribution in [0, 0.1) is 18.2 Å². The number of rotatable bonds is 3. The van der Waals surface area contributed by atoms with Crippen molar-refractivity contribution in [2.45, 2.75) is 33.7 Å². The van der Waals surface area contributed by atoms with Crippen LogP contribution in [0.4, 0.5) is 14.9 Å². The van der Waals surface area contributed by atoms with Crippen LogP contribution in [0.5, 0.6) is 0 Å². The molecule has 0 radical (unpaired) electrons. The first-order chi connectivity index (χ1) is 9.11. The molecule has 0 fully saturated rings. The Bertz CT molecular complexity index is 524. The topological polar surface area (TPSA) is 78.4 Å². The lowest BCUT2D eigenvalue weighted by atomic mass is 9.87. The van der Waals surface area contributed by atoms with Crippen molar-refractivity contribution < 1.29 is 19.1 Å². The maximum absolute atomic E-state index is 13.1. The maximum Gasteiger partial charge on any atom is 0.326 e. The van der Waals surface area contributed by atoms with Crippen molar-refractivity contribution in [2.24, 2.45) is 5.41 Å². The van der Waals surface area contributed by atoms with Gasteiger partial charge in [-0.1, -0.05) is 20.8 Å². The molecule has 2 amide bonds. The quantitative estimate of drug-likeness (QED) is 0.797. The number of carbonyl (C=O) groups excluding carboxylic acids is 1. The van der Waals surface area contributed by atoms with Crippen molar-refractivity contribution >= 4 is 17.7 Å². The van der Waals surface area contributed by atoms with Crippen molar-refractivity contribution in [1.82, 2.24) is 5.32 Å². The number of aryl methyl sites for hydroxylation is 1. The van der Waals surface area contributed by atoms with Crippen LogP contribution in [0.2, 0.25) is 0 Å². The zero-order valence-corrected chi connectivity index (χ0v) is 12.0. The second kappa shape index (κ2) is 5.90. The highest BCUT2D eigenvalue weighted by molar-refractivity contribution is 5.92. The molecule has 0 bridgehead atoms. The summed E-state index contributed by atoms with van der Waals surface area (Å²) in [6.07, 6.45) is 0. The minimum absolute atomic E-state index is 0.367. The summed E-state index contributed by atoms with van der Waals surface area (Å²) in [5.74, 6) is -1.48. The number of carboxylic acid groups (broad SMARTS) is 1. The Morgan fingerprint density at radius 3 is 2.35 bits per heavy atom. The van der Waals surface area contributed by atoms with E-state index in [0.29, 0.717) is 11.3 Å². The molecular weight excluding hydrogens is 263 g/mol. The average molecular weight is 282 g/mol. The number of urea groups is 1. The molecule has 20 heavy (non-hydrogen) atoms. The Morgan fingerprint density at radius 1 is 1.30 bits per heavy atom. The molecule has 0 aliphatic heterocycles. The lowest BCUT2D eigenvalue weighted by Gasteiger charge is -2.27. The van der Waals surface area contributed by atoms with Crippen LogP contribution in [0.1, 0.15) is 26.3 Å². The van der Waals surface area contributed by atoms with E-state index in [9.17, 15) is 14.0 Å². The number of benzene rings is 1. The number of hydrogen-bond acceptors (Lipinski definition) is 2. The van der Waals surface area contributed by atoms with E-state index in [1.54, 1.807) is 27.7 Å². The van der Waals surface area contributed by atoms with Gasteiger partial charge >= 0.3 is 12.0 Å². The molecule has 3 N–H and O–H groups in total. The Kier molecular flexibility index (Phi) is 4.70. The third kappa shape index (κ3) is 4.22. The molecule has 0 heterocycles. The highest BCUT2D eigenvalue weighted by Crippen LogP contribution is 2.20. The van der Waals surface area contributed by atoms with Crippen LogP contribution in [-0.4, -0.2) is 23.1 Å². The lowest BCUT2D eigenvalue weighted by Crippen LogP contribution is -2.50. The summed E-state index contributed by atoms with van der Waals surface area (Å²) in [7, 11) is 0. The molecule has 1 unspecified atom stereocenters. The fraction of sp³-hybridized carbons (Fsp3) is 0.429. The fourth-order valence-electron chi connectivity index (χ4n) is 1.67. The van der Waals surface area contributed by atoms with Crippen molar-refractivity contribution in [1.29, 1.82) is 0 Å². The second-order valence-electron chi connectivity index (χ2n) is 5.70. The number of halogens is 1. The summed E-state index contributed by atoms with van der Waals surface area (Å²) in [4.78, 5) is 22.9. The van der Waals surface area contributed by atoms with Crippen molar-refractivity contribution in [3.8, 4) is 0 Å². The first-order valence-corrected chi connectivity index (χ1v) is 6.17. The van der Waals surface area contributed by atoms with Crippen LogP contribution < -0.4 is 10.6 Å². The highest BCUT2D eigenvalue weighted by Gasteiger charge is 2.32. The molecule has 1 rings (SSSR count). The Hall–Kier alpha value is -2.11. The Morgan fingerprint density at radius 2 is 1.90 bits per heavy atom. The molecule has 0 spiro atoms. The van der Waals surface area contributed by atoms with E-state index >= 15 is 0 Å². The van der Waals surface area contributed by atoms with Crippen LogP contribution in [0.15, 0.2) is 18.2 Å². The highest BCUT2D eigenvalue weighted by atomic mass is 19.1. The molecule has 1 aromatic rings. The normalized spacial score (nSPS) is 12.7. The number of carbonyl (C=O) groups is 2. The van der Waals surface area contributed by atoms with Gasteiger partial charge in [-0.3, -0.25) is 0 Å². The summed E-state index contributed by atoms with van der Waals surface area (Å²) in [6.45, 7) is 6.73. The lowest BCUT2D eigenvalue weighted by molar-refractivity contribution is -0.141. The van der Waals surface area contributed by atoms with Crippen LogP contribution >= 0.6 is 0 Å². The molecule has 0 saturated carbocycles. The predicted molar refractivity (Wildman–Crippen MR) is 74.2 cm³/mol. The first-order valence-electron chi connectivity index (χ1n) is 6.17. The number of carboxylic acids is 1. The molecule has 0 aliphatic carbocycles. The molecule has 5 nitrogen and oxygen atoms in total. The monoisotopic (exact) mass is 282 g/mol. The molecule has 6 heteroatoms. The van der Waals surface area contributed by atoms with Crippen LogP contribution in [-0.2, 0) is 4.79 Å². The first kappa shape index (κ1) is 15.9. The van der Waals surface area contributed by atoms with E-state index in [1.165, 1.54) is 18.2 Å². The van der Waals surface area contributed by atoms with Gasteiger partial charge in [-0.25, -0.2) is 14.0 Å². The van der Waals surface area contributed by atoms with Gasteiger partial charge in [0, 0.05) is 5.69 Å². The summed E-state index contributed by atoms with van der Waals surface area (Å²) >= 11 is 0. The molecule has 1 atom stereocenters. The number of aliphatic carboxylic acids is 1. The molecule has 0 aromatic heterocycles. The van der Waals surface area contributed by atoms with Crippen molar-refractivity contribution in [3.05, 3.63) is 29.6 Å². The Balaban J connectivity index is 2.76. The third-order valence-corrected chi connectivity index (χ3v) is 2.80. The predicted octanol–water partition coefficient (Wildman–Crippen LogP) is 2.75. The Labute approximate surface area is 117 Å².